The average Bonchev–Trinajstić information content (AvgIpc) is 2.81. The highest BCUT2D eigenvalue weighted by Crippen LogP contribution is 2.30. The Bertz CT molecular complexity index is 754. The van der Waals surface area contributed by atoms with Gasteiger partial charge in [-0.2, -0.15) is 5.26 Å². The van der Waals surface area contributed by atoms with Gasteiger partial charge in [-0.1, -0.05) is 12.1 Å². The van der Waals surface area contributed by atoms with E-state index in [0.29, 0.717) is 5.56 Å². The third kappa shape index (κ3) is 1.85. The molecule has 0 aliphatic heterocycles. The van der Waals surface area contributed by atoms with Crippen molar-refractivity contribution in [1.29, 1.82) is 5.26 Å². The van der Waals surface area contributed by atoms with E-state index in [1.54, 1.807) is 18.2 Å². The molecular formula is C14H7FN2S. The van der Waals surface area contributed by atoms with Gasteiger partial charge in [0.2, 0.25) is 0 Å². The third-order valence-corrected chi connectivity index (χ3v) is 3.68. The van der Waals surface area contributed by atoms with Crippen molar-refractivity contribution < 1.29 is 4.39 Å². The summed E-state index contributed by atoms with van der Waals surface area (Å²) in [7, 11) is 0. The highest BCUT2D eigenvalue weighted by Gasteiger charge is 2.06. The number of rotatable bonds is 1. The Morgan fingerprint density at radius 2 is 1.89 bits per heavy atom. The second kappa shape index (κ2) is 4.21. The van der Waals surface area contributed by atoms with Crippen LogP contribution in [0.25, 0.3) is 20.8 Å². The molecule has 0 fully saturated rings. The molecule has 0 N–H and O–H groups in total. The van der Waals surface area contributed by atoms with Gasteiger partial charge in [0.05, 0.1) is 21.8 Å². The molecule has 0 saturated carbocycles. The minimum atomic E-state index is -0.252. The van der Waals surface area contributed by atoms with E-state index in [2.05, 4.69) is 11.1 Å². The molecule has 0 spiro atoms. The Morgan fingerprint density at radius 1 is 1.11 bits per heavy atom. The first kappa shape index (κ1) is 10.9. The van der Waals surface area contributed by atoms with Crippen molar-refractivity contribution in [1.82, 2.24) is 4.98 Å². The Kier molecular flexibility index (Phi) is 2.54. The molecule has 18 heavy (non-hydrogen) atoms. The van der Waals surface area contributed by atoms with Gasteiger partial charge in [-0.25, -0.2) is 9.37 Å². The Morgan fingerprint density at radius 3 is 2.61 bits per heavy atom. The Balaban J connectivity index is 2.10. The van der Waals surface area contributed by atoms with Crippen molar-refractivity contribution in [3.63, 3.8) is 0 Å². The van der Waals surface area contributed by atoms with Gasteiger partial charge in [0.1, 0.15) is 10.8 Å². The molecule has 0 amide bonds. The second-order valence-corrected chi connectivity index (χ2v) is 4.85. The molecule has 1 heterocycles. The van der Waals surface area contributed by atoms with E-state index in [-0.39, 0.29) is 5.82 Å². The molecule has 4 heteroatoms. The van der Waals surface area contributed by atoms with E-state index in [9.17, 15) is 4.39 Å². The van der Waals surface area contributed by atoms with Crippen LogP contribution in [-0.4, -0.2) is 4.98 Å². The van der Waals surface area contributed by atoms with E-state index in [0.717, 1.165) is 20.8 Å². The van der Waals surface area contributed by atoms with E-state index in [1.165, 1.54) is 23.5 Å². The van der Waals surface area contributed by atoms with Crippen LogP contribution in [0.3, 0.4) is 0 Å². The van der Waals surface area contributed by atoms with E-state index >= 15 is 0 Å². The molecule has 0 radical (unpaired) electrons. The summed E-state index contributed by atoms with van der Waals surface area (Å²) in [5.74, 6) is -0.252. The van der Waals surface area contributed by atoms with E-state index < -0.39 is 0 Å². The lowest BCUT2D eigenvalue weighted by molar-refractivity contribution is 0.630. The zero-order valence-electron chi connectivity index (χ0n) is 9.22. The molecule has 0 bridgehead atoms. The van der Waals surface area contributed by atoms with Crippen molar-refractivity contribution in [3.8, 4) is 16.6 Å². The first-order chi connectivity index (χ1) is 8.76. The first-order valence-corrected chi connectivity index (χ1v) is 6.14. The molecule has 3 rings (SSSR count). The summed E-state index contributed by atoms with van der Waals surface area (Å²) in [6, 6.07) is 13.9. The summed E-state index contributed by atoms with van der Waals surface area (Å²) in [4.78, 5) is 4.45. The van der Waals surface area contributed by atoms with Gasteiger partial charge in [-0.05, 0) is 30.3 Å². The predicted octanol–water partition coefficient (Wildman–Crippen LogP) is 3.97. The van der Waals surface area contributed by atoms with Gasteiger partial charge in [0.15, 0.2) is 0 Å². The van der Waals surface area contributed by atoms with Crippen LogP contribution in [0.5, 0.6) is 0 Å². The molecular weight excluding hydrogens is 247 g/mol. The van der Waals surface area contributed by atoms with Gasteiger partial charge < -0.3 is 0 Å². The Labute approximate surface area is 107 Å². The molecule has 0 unspecified atom stereocenters. The van der Waals surface area contributed by atoms with Crippen LogP contribution in [0.4, 0.5) is 4.39 Å². The van der Waals surface area contributed by atoms with Crippen molar-refractivity contribution in [2.24, 2.45) is 0 Å². The lowest BCUT2D eigenvalue weighted by Gasteiger charge is -1.94. The molecule has 0 aliphatic rings. The number of nitrogens with zero attached hydrogens (tertiary/aromatic N) is 2. The standard InChI is InChI=1S/C14H7FN2S/c15-11-5-6-12-13(7-11)18-14(17-12)10-3-1-9(8-16)2-4-10/h1-7H. The lowest BCUT2D eigenvalue weighted by Crippen LogP contribution is -1.77. The maximum absolute atomic E-state index is 13.1. The highest BCUT2D eigenvalue weighted by molar-refractivity contribution is 7.21. The highest BCUT2D eigenvalue weighted by atomic mass is 32.1. The van der Waals surface area contributed by atoms with Crippen LogP contribution >= 0.6 is 11.3 Å². The van der Waals surface area contributed by atoms with E-state index in [1.807, 2.05) is 12.1 Å². The summed E-state index contributed by atoms with van der Waals surface area (Å²) in [6.07, 6.45) is 0. The molecule has 3 aromatic rings. The number of thiazole rings is 1. The maximum Gasteiger partial charge on any atom is 0.124 e. The minimum Gasteiger partial charge on any atom is -0.236 e. The predicted molar refractivity (Wildman–Crippen MR) is 69.7 cm³/mol. The van der Waals surface area contributed by atoms with Gasteiger partial charge in [0.25, 0.3) is 0 Å². The van der Waals surface area contributed by atoms with Crippen LogP contribution < -0.4 is 0 Å². The minimum absolute atomic E-state index is 0.252. The summed E-state index contributed by atoms with van der Waals surface area (Å²) in [5, 5.41) is 9.57. The van der Waals surface area contributed by atoms with Gasteiger partial charge >= 0.3 is 0 Å². The topological polar surface area (TPSA) is 36.7 Å². The average molecular weight is 254 g/mol. The summed E-state index contributed by atoms with van der Waals surface area (Å²) in [6.45, 7) is 0. The largest absolute Gasteiger partial charge is 0.236 e. The van der Waals surface area contributed by atoms with Crippen LogP contribution in [0, 0.1) is 17.1 Å². The number of nitriles is 1. The van der Waals surface area contributed by atoms with Gasteiger partial charge in [0, 0.05) is 5.56 Å². The van der Waals surface area contributed by atoms with Crippen LogP contribution in [-0.2, 0) is 0 Å². The molecule has 0 aliphatic carbocycles. The zero-order chi connectivity index (χ0) is 12.5. The molecule has 86 valence electrons. The zero-order valence-corrected chi connectivity index (χ0v) is 10.0. The second-order valence-electron chi connectivity index (χ2n) is 3.82. The number of hydrogen-bond acceptors (Lipinski definition) is 3. The normalized spacial score (nSPS) is 10.4. The van der Waals surface area contributed by atoms with Crippen molar-refractivity contribution in [3.05, 3.63) is 53.8 Å². The van der Waals surface area contributed by atoms with Crippen LogP contribution in [0.15, 0.2) is 42.5 Å². The first-order valence-electron chi connectivity index (χ1n) is 5.33. The van der Waals surface area contributed by atoms with Crippen LogP contribution in [0.1, 0.15) is 5.56 Å². The summed E-state index contributed by atoms with van der Waals surface area (Å²) in [5.41, 5.74) is 2.35. The molecule has 0 saturated heterocycles. The lowest BCUT2D eigenvalue weighted by atomic mass is 10.1. The molecule has 1 aromatic heterocycles. The quantitative estimate of drug-likeness (QED) is 0.658. The smallest absolute Gasteiger partial charge is 0.124 e. The Hall–Kier alpha value is -2.25. The fourth-order valence-electron chi connectivity index (χ4n) is 1.71. The monoisotopic (exact) mass is 254 g/mol. The SMILES string of the molecule is N#Cc1ccc(-c2nc3ccc(F)cc3s2)cc1. The summed E-state index contributed by atoms with van der Waals surface area (Å²) < 4.78 is 13.9. The van der Waals surface area contributed by atoms with Crippen LogP contribution in [0.2, 0.25) is 0 Å². The number of aromatic nitrogens is 1. The van der Waals surface area contributed by atoms with Crippen molar-refractivity contribution in [2.75, 3.05) is 0 Å². The fraction of sp³-hybridized carbons (Fsp3) is 0. The third-order valence-electron chi connectivity index (χ3n) is 2.61. The number of benzene rings is 2. The number of hydrogen-bond donors (Lipinski definition) is 0. The van der Waals surface area contributed by atoms with Gasteiger partial charge in [-0.3, -0.25) is 0 Å². The molecule has 2 aromatic carbocycles. The summed E-state index contributed by atoms with van der Waals surface area (Å²) >= 11 is 1.44. The number of halogens is 1. The molecule has 0 atom stereocenters. The van der Waals surface area contributed by atoms with Crippen molar-refractivity contribution >= 4 is 21.6 Å². The molecule has 2 nitrogen and oxygen atoms in total. The van der Waals surface area contributed by atoms with Crippen molar-refractivity contribution in [2.45, 2.75) is 0 Å². The number of fused-ring (bicyclic) bond motifs is 1. The maximum atomic E-state index is 13.1. The van der Waals surface area contributed by atoms with Gasteiger partial charge in [-0.15, -0.1) is 11.3 Å². The fourth-order valence-corrected chi connectivity index (χ4v) is 2.71. The van der Waals surface area contributed by atoms with E-state index in [4.69, 9.17) is 5.26 Å².